The van der Waals surface area contributed by atoms with Crippen LogP contribution in [0.25, 0.3) is 0 Å². The van der Waals surface area contributed by atoms with E-state index in [1.807, 2.05) is 6.07 Å². The van der Waals surface area contributed by atoms with Crippen molar-refractivity contribution >= 4 is 29.9 Å². The lowest BCUT2D eigenvalue weighted by molar-refractivity contribution is 0.150. The maximum Gasteiger partial charge on any atom is 0.226 e. The minimum Gasteiger partial charge on any atom is -0.468 e. The summed E-state index contributed by atoms with van der Waals surface area (Å²) in [5.41, 5.74) is 0. The van der Waals surface area contributed by atoms with Gasteiger partial charge in [-0.15, -0.1) is 24.0 Å². The third-order valence-electron chi connectivity index (χ3n) is 5.33. The molecule has 174 valence electrons. The highest BCUT2D eigenvalue weighted by Gasteiger charge is 2.24. The Hall–Kier alpha value is -1.62. The number of likely N-dealkylation sites (tertiary alicyclic amines) is 1. The number of aryl methyl sites for hydroxylation is 1. The first-order chi connectivity index (χ1) is 14.7. The number of nitrogens with one attached hydrogen (secondary N) is 2. The fraction of sp³-hybridized carbons (Fsp3) is 0.682. The maximum absolute atomic E-state index is 5.73. The number of guanidine groups is 1. The van der Waals surface area contributed by atoms with Crippen LogP contribution >= 0.6 is 24.0 Å². The number of aromatic nitrogens is 2. The SMILES string of the molecule is CCNC(=NCC(c1ccco1)N1CCCCC1)NCCCc1nc(C(C)C)no1.I. The van der Waals surface area contributed by atoms with E-state index in [2.05, 4.69) is 52.5 Å². The van der Waals surface area contributed by atoms with Crippen molar-refractivity contribution in [3.8, 4) is 0 Å². The molecule has 0 aliphatic carbocycles. The Balaban J connectivity index is 0.00000341. The van der Waals surface area contributed by atoms with Gasteiger partial charge >= 0.3 is 0 Å². The van der Waals surface area contributed by atoms with E-state index < -0.39 is 0 Å². The topological polar surface area (TPSA) is 91.7 Å². The third-order valence-corrected chi connectivity index (χ3v) is 5.33. The van der Waals surface area contributed by atoms with Crippen molar-refractivity contribution in [2.75, 3.05) is 32.7 Å². The Morgan fingerprint density at radius 1 is 1.23 bits per heavy atom. The molecule has 1 aliphatic rings. The molecule has 8 nitrogen and oxygen atoms in total. The molecular weight excluding hydrogens is 507 g/mol. The number of aliphatic imine (C=N–C) groups is 1. The molecule has 0 spiro atoms. The molecular formula is C22H37IN6O2. The van der Waals surface area contributed by atoms with Crippen LogP contribution in [-0.2, 0) is 6.42 Å². The first-order valence-corrected chi connectivity index (χ1v) is 11.3. The zero-order chi connectivity index (χ0) is 21.2. The normalized spacial score (nSPS) is 16.2. The quantitative estimate of drug-likeness (QED) is 0.201. The van der Waals surface area contributed by atoms with Crippen molar-refractivity contribution in [2.45, 2.75) is 64.8 Å². The molecule has 0 bridgehead atoms. The molecule has 0 amide bonds. The molecule has 0 radical (unpaired) electrons. The van der Waals surface area contributed by atoms with Crippen LogP contribution < -0.4 is 10.6 Å². The lowest BCUT2D eigenvalue weighted by atomic mass is 10.1. The van der Waals surface area contributed by atoms with Gasteiger partial charge in [-0.05, 0) is 51.4 Å². The second-order valence-electron chi connectivity index (χ2n) is 8.08. The molecule has 1 atom stereocenters. The maximum atomic E-state index is 5.73. The van der Waals surface area contributed by atoms with Crippen molar-refractivity contribution in [1.29, 1.82) is 0 Å². The Labute approximate surface area is 202 Å². The minimum atomic E-state index is 0. The number of halogens is 1. The van der Waals surface area contributed by atoms with Crippen molar-refractivity contribution in [3.63, 3.8) is 0 Å². The summed E-state index contributed by atoms with van der Waals surface area (Å²) in [5, 5.41) is 10.8. The van der Waals surface area contributed by atoms with Crippen LogP contribution in [0, 0.1) is 0 Å². The summed E-state index contributed by atoms with van der Waals surface area (Å²) in [6, 6.07) is 4.20. The largest absolute Gasteiger partial charge is 0.468 e. The van der Waals surface area contributed by atoms with Crippen LogP contribution in [0.2, 0.25) is 0 Å². The average Bonchev–Trinajstić information content (AvgIpc) is 3.44. The Morgan fingerprint density at radius 3 is 2.68 bits per heavy atom. The zero-order valence-corrected chi connectivity index (χ0v) is 21.3. The van der Waals surface area contributed by atoms with Gasteiger partial charge < -0.3 is 19.6 Å². The molecule has 0 saturated carbocycles. The van der Waals surface area contributed by atoms with E-state index in [1.165, 1.54) is 19.3 Å². The molecule has 2 aromatic heterocycles. The van der Waals surface area contributed by atoms with Gasteiger partial charge in [0.2, 0.25) is 5.89 Å². The molecule has 3 rings (SSSR count). The minimum absolute atomic E-state index is 0. The molecule has 1 fully saturated rings. The summed E-state index contributed by atoms with van der Waals surface area (Å²) in [6.45, 7) is 10.7. The van der Waals surface area contributed by atoms with E-state index in [4.69, 9.17) is 13.9 Å². The molecule has 3 heterocycles. The predicted molar refractivity (Wildman–Crippen MR) is 133 cm³/mol. The van der Waals surface area contributed by atoms with Gasteiger partial charge in [0.05, 0.1) is 18.8 Å². The second kappa shape index (κ2) is 13.7. The number of nitrogens with zero attached hydrogens (tertiary/aromatic N) is 4. The smallest absolute Gasteiger partial charge is 0.226 e. The molecule has 2 N–H and O–H groups in total. The number of hydrogen-bond acceptors (Lipinski definition) is 6. The first kappa shape index (κ1) is 25.6. The molecule has 1 unspecified atom stereocenters. The monoisotopic (exact) mass is 544 g/mol. The van der Waals surface area contributed by atoms with Gasteiger partial charge in [0.15, 0.2) is 11.8 Å². The zero-order valence-electron chi connectivity index (χ0n) is 19.0. The lowest BCUT2D eigenvalue weighted by Crippen LogP contribution is -2.40. The van der Waals surface area contributed by atoms with E-state index in [0.717, 1.165) is 56.6 Å². The molecule has 1 saturated heterocycles. The number of furan rings is 1. The molecule has 2 aromatic rings. The standard InChI is InChI=1S/C22H36N6O2.HI/c1-4-23-22(24-12-8-11-20-26-21(17(2)3)27-30-20)25-16-18(19-10-9-15-29-19)28-13-6-5-7-14-28;/h9-10,15,17-18H,4-8,11-14,16H2,1-3H3,(H2,23,24,25);1H. The second-order valence-corrected chi connectivity index (χ2v) is 8.08. The van der Waals surface area contributed by atoms with Crippen molar-refractivity contribution in [1.82, 2.24) is 25.7 Å². The van der Waals surface area contributed by atoms with Gasteiger partial charge in [0, 0.05) is 25.4 Å². The molecule has 9 heteroatoms. The fourth-order valence-electron chi connectivity index (χ4n) is 3.67. The van der Waals surface area contributed by atoms with Crippen LogP contribution in [-0.4, -0.2) is 53.7 Å². The highest BCUT2D eigenvalue weighted by Crippen LogP contribution is 2.25. The van der Waals surface area contributed by atoms with Gasteiger partial charge in [0.1, 0.15) is 5.76 Å². The summed E-state index contributed by atoms with van der Waals surface area (Å²) in [4.78, 5) is 11.8. The Morgan fingerprint density at radius 2 is 2.03 bits per heavy atom. The number of hydrogen-bond donors (Lipinski definition) is 2. The van der Waals surface area contributed by atoms with Crippen LogP contribution in [0.5, 0.6) is 0 Å². The molecule has 0 aromatic carbocycles. The van der Waals surface area contributed by atoms with Gasteiger partial charge in [-0.2, -0.15) is 4.98 Å². The van der Waals surface area contributed by atoms with E-state index >= 15 is 0 Å². The number of piperidine rings is 1. The van der Waals surface area contributed by atoms with E-state index in [9.17, 15) is 0 Å². The Bertz CT molecular complexity index is 756. The van der Waals surface area contributed by atoms with Gasteiger partial charge in [-0.25, -0.2) is 0 Å². The van der Waals surface area contributed by atoms with Gasteiger partial charge in [-0.1, -0.05) is 25.4 Å². The Kier molecular flexibility index (Phi) is 11.3. The van der Waals surface area contributed by atoms with Crippen LogP contribution in [0.15, 0.2) is 32.3 Å². The molecule has 31 heavy (non-hydrogen) atoms. The predicted octanol–water partition coefficient (Wildman–Crippen LogP) is 4.12. The van der Waals surface area contributed by atoms with Crippen molar-refractivity contribution in [2.24, 2.45) is 4.99 Å². The lowest BCUT2D eigenvalue weighted by Gasteiger charge is -2.32. The summed E-state index contributed by atoms with van der Waals surface area (Å²) in [5.74, 6) is 3.59. The van der Waals surface area contributed by atoms with E-state index in [0.29, 0.717) is 12.4 Å². The summed E-state index contributed by atoms with van der Waals surface area (Å²) < 4.78 is 11.0. The highest BCUT2D eigenvalue weighted by atomic mass is 127. The van der Waals surface area contributed by atoms with Crippen molar-refractivity contribution < 1.29 is 8.94 Å². The van der Waals surface area contributed by atoms with Crippen molar-refractivity contribution in [3.05, 3.63) is 35.9 Å². The van der Waals surface area contributed by atoms with Crippen LogP contribution in [0.3, 0.4) is 0 Å². The van der Waals surface area contributed by atoms with Gasteiger partial charge in [0.25, 0.3) is 0 Å². The summed E-state index contributed by atoms with van der Waals surface area (Å²) in [7, 11) is 0. The third kappa shape index (κ3) is 8.10. The summed E-state index contributed by atoms with van der Waals surface area (Å²) in [6.07, 6.45) is 7.21. The number of rotatable bonds is 10. The average molecular weight is 544 g/mol. The first-order valence-electron chi connectivity index (χ1n) is 11.3. The highest BCUT2D eigenvalue weighted by molar-refractivity contribution is 14.0. The van der Waals surface area contributed by atoms with Crippen LogP contribution in [0.1, 0.15) is 75.9 Å². The van der Waals surface area contributed by atoms with Crippen LogP contribution in [0.4, 0.5) is 0 Å². The molecule has 1 aliphatic heterocycles. The van der Waals surface area contributed by atoms with E-state index in [1.54, 1.807) is 6.26 Å². The van der Waals surface area contributed by atoms with E-state index in [-0.39, 0.29) is 35.9 Å². The summed E-state index contributed by atoms with van der Waals surface area (Å²) >= 11 is 0. The fourth-order valence-corrected chi connectivity index (χ4v) is 3.67. The van der Waals surface area contributed by atoms with Gasteiger partial charge in [-0.3, -0.25) is 9.89 Å².